The van der Waals surface area contributed by atoms with Gasteiger partial charge in [-0.25, -0.2) is 12.7 Å². The fraction of sp³-hybridized carbons (Fsp3) is 0.385. The van der Waals surface area contributed by atoms with E-state index < -0.39 is 27.8 Å². The predicted molar refractivity (Wildman–Crippen MR) is 135 cm³/mol. The van der Waals surface area contributed by atoms with Crippen LogP contribution >= 0.6 is 0 Å². The van der Waals surface area contributed by atoms with E-state index in [0.717, 1.165) is 15.4 Å². The van der Waals surface area contributed by atoms with Gasteiger partial charge in [0.05, 0.1) is 16.5 Å². The van der Waals surface area contributed by atoms with Gasteiger partial charge < -0.3 is 14.9 Å². The minimum atomic E-state index is -3.65. The van der Waals surface area contributed by atoms with Crippen molar-refractivity contribution in [3.63, 3.8) is 0 Å². The van der Waals surface area contributed by atoms with Gasteiger partial charge in [-0.3, -0.25) is 9.59 Å². The van der Waals surface area contributed by atoms with Gasteiger partial charge in [-0.2, -0.15) is 0 Å². The van der Waals surface area contributed by atoms with Gasteiger partial charge in [0.15, 0.2) is 0 Å². The van der Waals surface area contributed by atoms with Crippen LogP contribution in [0.1, 0.15) is 42.5 Å². The summed E-state index contributed by atoms with van der Waals surface area (Å²) < 4.78 is 25.9. The highest BCUT2D eigenvalue weighted by Gasteiger charge is 2.45. The van der Waals surface area contributed by atoms with Crippen LogP contribution in [0.25, 0.3) is 5.76 Å². The number of rotatable bonds is 8. The van der Waals surface area contributed by atoms with Crippen molar-refractivity contribution in [3.8, 4) is 0 Å². The average Bonchev–Trinajstić information content (AvgIpc) is 3.07. The topological polar surface area (TPSA) is 98.2 Å². The Kier molecular flexibility index (Phi) is 7.83. The average molecular weight is 500 g/mol. The number of carbonyl (C=O) groups is 2. The lowest BCUT2D eigenvalue weighted by molar-refractivity contribution is -0.140. The molecule has 1 saturated heterocycles. The molecule has 1 aliphatic heterocycles. The number of sulfonamides is 1. The molecule has 9 heteroatoms. The largest absolute Gasteiger partial charge is 0.507 e. The Bertz CT molecular complexity index is 1230. The fourth-order valence-electron chi connectivity index (χ4n) is 3.98. The molecule has 2 aromatic rings. The second-order valence-corrected chi connectivity index (χ2v) is 11.6. The van der Waals surface area contributed by atoms with E-state index in [0.29, 0.717) is 19.0 Å². The standard InChI is InChI=1S/C26H33N3O5S/c1-17(2)18-7-9-19(10-8-18)23-22(25(31)26(32)29(23)16-15-27(3)4)24(30)20-11-13-21(14-12-20)35(33,34)28(5)6/h7-14,17,23,30H,15-16H2,1-6H3. The Morgan fingerprint density at radius 1 is 0.971 bits per heavy atom. The Morgan fingerprint density at radius 3 is 2.03 bits per heavy atom. The Labute approximate surface area is 207 Å². The Hall–Kier alpha value is -3.01. The predicted octanol–water partition coefficient (Wildman–Crippen LogP) is 3.04. The third kappa shape index (κ3) is 5.32. The van der Waals surface area contributed by atoms with Crippen molar-refractivity contribution in [1.29, 1.82) is 0 Å². The van der Waals surface area contributed by atoms with E-state index in [1.165, 1.54) is 43.3 Å². The SMILES string of the molecule is CC(C)c1ccc(C2C(=C(O)c3ccc(S(=O)(=O)N(C)C)cc3)C(=O)C(=O)N2CCN(C)C)cc1. The summed E-state index contributed by atoms with van der Waals surface area (Å²) in [6, 6.07) is 12.6. The number of hydrogen-bond donors (Lipinski definition) is 1. The summed E-state index contributed by atoms with van der Waals surface area (Å²) in [7, 11) is 2.98. The number of likely N-dealkylation sites (N-methyl/N-ethyl adjacent to an activating group) is 1. The lowest BCUT2D eigenvalue weighted by atomic mass is 9.93. The zero-order valence-corrected chi connectivity index (χ0v) is 21.8. The molecule has 0 aliphatic carbocycles. The first kappa shape index (κ1) is 26.6. The molecule has 1 atom stereocenters. The first-order valence-corrected chi connectivity index (χ1v) is 12.9. The molecule has 8 nitrogen and oxygen atoms in total. The molecule has 0 saturated carbocycles. The monoisotopic (exact) mass is 499 g/mol. The maximum atomic E-state index is 13.1. The molecule has 0 spiro atoms. The van der Waals surface area contributed by atoms with E-state index in [-0.39, 0.29) is 21.8 Å². The van der Waals surface area contributed by atoms with Crippen molar-refractivity contribution in [2.45, 2.75) is 30.7 Å². The molecule has 35 heavy (non-hydrogen) atoms. The van der Waals surface area contributed by atoms with Gasteiger partial charge in [0, 0.05) is 32.7 Å². The van der Waals surface area contributed by atoms with Crippen molar-refractivity contribution in [3.05, 3.63) is 70.8 Å². The molecule has 188 valence electrons. The molecule has 2 aromatic carbocycles. The first-order valence-electron chi connectivity index (χ1n) is 11.4. The zero-order valence-electron chi connectivity index (χ0n) is 21.0. The molecule has 1 amide bonds. The van der Waals surface area contributed by atoms with Gasteiger partial charge in [0.1, 0.15) is 5.76 Å². The van der Waals surface area contributed by atoms with E-state index in [1.807, 2.05) is 43.3 Å². The summed E-state index contributed by atoms with van der Waals surface area (Å²) in [6.07, 6.45) is 0. The van der Waals surface area contributed by atoms with Crippen LogP contribution in [-0.4, -0.2) is 80.6 Å². The van der Waals surface area contributed by atoms with Crippen molar-refractivity contribution in [2.75, 3.05) is 41.3 Å². The van der Waals surface area contributed by atoms with E-state index in [2.05, 4.69) is 13.8 Å². The number of aliphatic hydroxyl groups excluding tert-OH is 1. The van der Waals surface area contributed by atoms with Crippen LogP contribution in [0.15, 0.2) is 59.0 Å². The Balaban J connectivity index is 2.12. The number of hydrogen-bond acceptors (Lipinski definition) is 6. The molecular formula is C26H33N3O5S. The number of amides is 1. The van der Waals surface area contributed by atoms with Crippen LogP contribution in [0.4, 0.5) is 0 Å². The summed E-state index contributed by atoms with van der Waals surface area (Å²) in [4.78, 5) is 29.6. The van der Waals surface area contributed by atoms with Crippen molar-refractivity contribution in [2.24, 2.45) is 0 Å². The summed E-state index contributed by atoms with van der Waals surface area (Å²) >= 11 is 0. The minimum absolute atomic E-state index is 0.00531. The maximum Gasteiger partial charge on any atom is 0.295 e. The van der Waals surface area contributed by atoms with Gasteiger partial charge >= 0.3 is 0 Å². The van der Waals surface area contributed by atoms with Crippen LogP contribution in [0.5, 0.6) is 0 Å². The van der Waals surface area contributed by atoms with Crippen molar-refractivity contribution in [1.82, 2.24) is 14.1 Å². The molecule has 1 fully saturated rings. The van der Waals surface area contributed by atoms with E-state index in [4.69, 9.17) is 0 Å². The number of Topliss-reactive ketones (excluding diaryl/α,β-unsaturated/α-hetero) is 1. The summed E-state index contributed by atoms with van der Waals surface area (Å²) in [5.41, 5.74) is 2.10. The molecule has 1 unspecified atom stereocenters. The molecule has 0 aromatic heterocycles. The molecular weight excluding hydrogens is 466 g/mol. The molecule has 0 bridgehead atoms. The molecule has 3 rings (SSSR count). The first-order chi connectivity index (χ1) is 16.4. The van der Waals surface area contributed by atoms with Crippen molar-refractivity contribution < 1.29 is 23.1 Å². The highest BCUT2D eigenvalue weighted by molar-refractivity contribution is 7.89. The number of ketones is 1. The second kappa shape index (κ2) is 10.3. The van der Waals surface area contributed by atoms with Gasteiger partial charge in [0.2, 0.25) is 10.0 Å². The second-order valence-electron chi connectivity index (χ2n) is 9.43. The molecule has 0 radical (unpaired) electrons. The lowest BCUT2D eigenvalue weighted by Crippen LogP contribution is -2.35. The fourth-order valence-corrected chi connectivity index (χ4v) is 4.88. The molecule has 1 aliphatic rings. The highest BCUT2D eigenvalue weighted by atomic mass is 32.2. The number of benzene rings is 2. The third-order valence-corrected chi connectivity index (χ3v) is 7.98. The summed E-state index contributed by atoms with van der Waals surface area (Å²) in [6.45, 7) is 5.02. The van der Waals surface area contributed by atoms with Gasteiger partial charge in [-0.15, -0.1) is 0 Å². The Morgan fingerprint density at radius 2 is 1.54 bits per heavy atom. The normalized spacial score (nSPS) is 18.3. The smallest absolute Gasteiger partial charge is 0.295 e. The third-order valence-electron chi connectivity index (χ3n) is 6.15. The van der Waals surface area contributed by atoms with Crippen molar-refractivity contribution >= 4 is 27.5 Å². The minimum Gasteiger partial charge on any atom is -0.507 e. The number of aliphatic hydroxyl groups is 1. The highest BCUT2D eigenvalue weighted by Crippen LogP contribution is 2.39. The summed E-state index contributed by atoms with van der Waals surface area (Å²) in [5.74, 6) is -1.44. The van der Waals surface area contributed by atoms with E-state index in [9.17, 15) is 23.1 Å². The van der Waals surface area contributed by atoms with Crippen LogP contribution in [-0.2, 0) is 19.6 Å². The number of likely N-dealkylation sites (tertiary alicyclic amines) is 1. The van der Waals surface area contributed by atoms with Crippen LogP contribution < -0.4 is 0 Å². The van der Waals surface area contributed by atoms with E-state index in [1.54, 1.807) is 0 Å². The van der Waals surface area contributed by atoms with Crippen LogP contribution in [0, 0.1) is 0 Å². The quantitative estimate of drug-likeness (QED) is 0.341. The van der Waals surface area contributed by atoms with Gasteiger partial charge in [0.25, 0.3) is 11.7 Å². The number of carbonyl (C=O) groups excluding carboxylic acids is 2. The lowest BCUT2D eigenvalue weighted by Gasteiger charge is -2.27. The van der Waals surface area contributed by atoms with E-state index >= 15 is 0 Å². The molecule has 1 heterocycles. The molecule has 1 N–H and O–H groups in total. The summed E-state index contributed by atoms with van der Waals surface area (Å²) in [5, 5.41) is 11.2. The maximum absolute atomic E-state index is 13.1. The zero-order chi connectivity index (χ0) is 26.1. The number of nitrogens with zero attached hydrogens (tertiary/aromatic N) is 3. The van der Waals surface area contributed by atoms with Crippen LogP contribution in [0.2, 0.25) is 0 Å². The van der Waals surface area contributed by atoms with Crippen LogP contribution in [0.3, 0.4) is 0 Å². The van der Waals surface area contributed by atoms with Gasteiger partial charge in [-0.05, 0) is 55.4 Å². The van der Waals surface area contributed by atoms with Gasteiger partial charge in [-0.1, -0.05) is 38.1 Å².